The van der Waals surface area contributed by atoms with Crippen LogP contribution in [0.15, 0.2) is 22.6 Å². The molecule has 124 valence electrons. The van der Waals surface area contributed by atoms with E-state index in [0.717, 1.165) is 5.57 Å². The zero-order chi connectivity index (χ0) is 17.0. The van der Waals surface area contributed by atoms with Gasteiger partial charge >= 0.3 is 5.69 Å². The smallest absolute Gasteiger partial charge is 0.351 e. The van der Waals surface area contributed by atoms with E-state index in [1.807, 2.05) is 13.0 Å². The fraction of sp³-hybridized carbons (Fsp3) is 0.533. The van der Waals surface area contributed by atoms with Gasteiger partial charge in [-0.25, -0.2) is 4.79 Å². The van der Waals surface area contributed by atoms with Crippen molar-refractivity contribution in [2.24, 2.45) is 0 Å². The van der Waals surface area contributed by atoms with Gasteiger partial charge in [0, 0.05) is 18.2 Å². The fourth-order valence-corrected chi connectivity index (χ4v) is 2.51. The number of ether oxygens (including phenoxy) is 1. The highest BCUT2D eigenvalue weighted by Crippen LogP contribution is 2.28. The third-order valence-electron chi connectivity index (χ3n) is 3.77. The second kappa shape index (κ2) is 7.37. The number of nitrogens with two attached hydrogens (primary N) is 1. The number of nitrogen functional groups attached to an aromatic ring is 1. The number of nitriles is 1. The summed E-state index contributed by atoms with van der Waals surface area (Å²) in [5.41, 5.74) is 6.81. The Morgan fingerprint density at radius 1 is 1.70 bits per heavy atom. The van der Waals surface area contributed by atoms with E-state index in [2.05, 4.69) is 4.98 Å². The molecule has 0 bridgehead atoms. The van der Waals surface area contributed by atoms with Gasteiger partial charge in [-0.3, -0.25) is 4.57 Å². The normalized spacial score (nSPS) is 24.6. The van der Waals surface area contributed by atoms with Crippen molar-refractivity contribution in [1.82, 2.24) is 9.55 Å². The average molecular weight is 320 g/mol. The Bertz CT molecular complexity index is 692. The van der Waals surface area contributed by atoms with Crippen LogP contribution in [-0.2, 0) is 11.2 Å². The lowest BCUT2D eigenvalue weighted by Crippen LogP contribution is -2.29. The lowest BCUT2D eigenvalue weighted by Gasteiger charge is -2.16. The maximum Gasteiger partial charge on any atom is 0.351 e. The summed E-state index contributed by atoms with van der Waals surface area (Å²) in [6.07, 6.45) is 2.05. The molecule has 2 heterocycles. The zero-order valence-electron chi connectivity index (χ0n) is 12.8. The van der Waals surface area contributed by atoms with Crippen molar-refractivity contribution < 1.29 is 14.9 Å². The van der Waals surface area contributed by atoms with Crippen LogP contribution in [0.25, 0.3) is 0 Å². The van der Waals surface area contributed by atoms with Gasteiger partial charge in [0.2, 0.25) is 0 Å². The summed E-state index contributed by atoms with van der Waals surface area (Å²) in [6.45, 7) is 1.54. The molecule has 4 N–H and O–H groups in total. The first-order valence-corrected chi connectivity index (χ1v) is 7.30. The number of aliphatic hydroxyl groups excluding tert-OH is 2. The summed E-state index contributed by atoms with van der Waals surface area (Å²) in [5.74, 6) is 0.133. The molecule has 1 aliphatic rings. The van der Waals surface area contributed by atoms with Crippen LogP contribution in [0, 0.1) is 11.3 Å². The summed E-state index contributed by atoms with van der Waals surface area (Å²) < 4.78 is 6.76. The lowest BCUT2D eigenvalue weighted by molar-refractivity contribution is -0.0459. The molecule has 3 atom stereocenters. The molecule has 1 fully saturated rings. The molecule has 0 saturated carbocycles. The standard InChI is InChI=1S/C15H20N4O4/c1-9(3-2-4-16)5-10-7-19(15(22)18-14(10)17)13-6-11(21)12(8-20)23-13/h3,7,11-13,20-21H,2,5-6,8H2,1H3,(H2,17,18,22)/t11?,12-,13-/m1/s1. The molecule has 8 nitrogen and oxygen atoms in total. The summed E-state index contributed by atoms with van der Waals surface area (Å²) in [4.78, 5) is 15.8. The van der Waals surface area contributed by atoms with Crippen LogP contribution >= 0.6 is 0 Å². The number of nitrogens with zero attached hydrogens (tertiary/aromatic N) is 3. The predicted octanol–water partition coefficient (Wildman–Crippen LogP) is -0.131. The van der Waals surface area contributed by atoms with Gasteiger partial charge in [0.05, 0.1) is 25.2 Å². The van der Waals surface area contributed by atoms with Gasteiger partial charge in [0.15, 0.2) is 0 Å². The molecule has 0 amide bonds. The Balaban J connectivity index is 2.27. The minimum atomic E-state index is -0.838. The molecule has 2 rings (SSSR count). The van der Waals surface area contributed by atoms with Gasteiger partial charge in [-0.15, -0.1) is 0 Å². The monoisotopic (exact) mass is 320 g/mol. The van der Waals surface area contributed by atoms with E-state index in [0.29, 0.717) is 18.4 Å². The molecular weight excluding hydrogens is 300 g/mol. The highest BCUT2D eigenvalue weighted by atomic mass is 16.5. The Labute approximate surface area is 133 Å². The number of hydrogen-bond acceptors (Lipinski definition) is 7. The van der Waals surface area contributed by atoms with Crippen LogP contribution in [-0.4, -0.2) is 38.6 Å². The summed E-state index contributed by atoms with van der Waals surface area (Å²) in [6, 6.07) is 2.03. The first-order chi connectivity index (χ1) is 11.0. The fourth-order valence-electron chi connectivity index (χ4n) is 2.51. The SMILES string of the molecule is CC(=CCC#N)Cc1cn([C@H]2CC(O)[C@@H](CO)O2)c(=O)nc1N. The van der Waals surface area contributed by atoms with Crippen LogP contribution in [0.4, 0.5) is 5.82 Å². The number of aliphatic hydroxyl groups is 2. The van der Waals surface area contributed by atoms with Crippen molar-refractivity contribution in [3.05, 3.63) is 33.9 Å². The number of aromatic nitrogens is 2. The third kappa shape index (κ3) is 3.96. The van der Waals surface area contributed by atoms with Crippen molar-refractivity contribution in [2.45, 2.75) is 44.6 Å². The molecule has 8 heteroatoms. The van der Waals surface area contributed by atoms with Gasteiger partial charge in [0.1, 0.15) is 18.1 Å². The zero-order valence-corrected chi connectivity index (χ0v) is 12.8. The molecule has 1 aromatic heterocycles. The Morgan fingerprint density at radius 2 is 2.43 bits per heavy atom. The topological polar surface area (TPSA) is 134 Å². The summed E-state index contributed by atoms with van der Waals surface area (Å²) >= 11 is 0. The average Bonchev–Trinajstić information content (AvgIpc) is 2.88. The van der Waals surface area contributed by atoms with E-state index in [-0.39, 0.29) is 18.8 Å². The molecule has 0 aliphatic carbocycles. The van der Waals surface area contributed by atoms with E-state index >= 15 is 0 Å². The number of rotatable bonds is 5. The second-order valence-electron chi connectivity index (χ2n) is 5.55. The molecule has 1 saturated heterocycles. The first-order valence-electron chi connectivity index (χ1n) is 7.30. The van der Waals surface area contributed by atoms with Crippen LogP contribution in [0.5, 0.6) is 0 Å². The van der Waals surface area contributed by atoms with E-state index < -0.39 is 24.1 Å². The van der Waals surface area contributed by atoms with E-state index in [9.17, 15) is 9.90 Å². The van der Waals surface area contributed by atoms with Crippen molar-refractivity contribution in [3.8, 4) is 6.07 Å². The Kier molecular flexibility index (Phi) is 5.50. The maximum absolute atomic E-state index is 12.0. The summed E-state index contributed by atoms with van der Waals surface area (Å²) in [5, 5.41) is 27.5. The van der Waals surface area contributed by atoms with E-state index in [1.54, 1.807) is 12.3 Å². The molecule has 0 spiro atoms. The van der Waals surface area contributed by atoms with Gasteiger partial charge in [-0.2, -0.15) is 10.2 Å². The Hall–Kier alpha value is -2.21. The predicted molar refractivity (Wildman–Crippen MR) is 82.2 cm³/mol. The molecule has 1 aromatic rings. The van der Waals surface area contributed by atoms with Crippen molar-refractivity contribution in [3.63, 3.8) is 0 Å². The molecular formula is C15H20N4O4. The Morgan fingerprint density at radius 3 is 3.04 bits per heavy atom. The van der Waals surface area contributed by atoms with Crippen LogP contribution in [0.3, 0.4) is 0 Å². The van der Waals surface area contributed by atoms with E-state index in [1.165, 1.54) is 4.57 Å². The quantitative estimate of drug-likeness (QED) is 0.643. The number of allylic oxidation sites excluding steroid dienone is 2. The molecule has 1 aliphatic heterocycles. The molecule has 0 radical (unpaired) electrons. The molecule has 0 aromatic carbocycles. The van der Waals surface area contributed by atoms with Gasteiger partial charge in [-0.05, 0) is 13.3 Å². The van der Waals surface area contributed by atoms with Crippen LogP contribution in [0.1, 0.15) is 31.6 Å². The first kappa shape index (κ1) is 17.1. The number of anilines is 1. The van der Waals surface area contributed by atoms with Gasteiger partial charge < -0.3 is 20.7 Å². The van der Waals surface area contributed by atoms with E-state index in [4.69, 9.17) is 20.8 Å². The minimum absolute atomic E-state index is 0.133. The molecule has 1 unspecified atom stereocenters. The van der Waals surface area contributed by atoms with Crippen LogP contribution in [0.2, 0.25) is 0 Å². The highest BCUT2D eigenvalue weighted by Gasteiger charge is 2.35. The van der Waals surface area contributed by atoms with Gasteiger partial charge in [0.25, 0.3) is 0 Å². The third-order valence-corrected chi connectivity index (χ3v) is 3.77. The van der Waals surface area contributed by atoms with Crippen molar-refractivity contribution in [2.75, 3.05) is 12.3 Å². The van der Waals surface area contributed by atoms with Crippen molar-refractivity contribution >= 4 is 5.82 Å². The van der Waals surface area contributed by atoms with Gasteiger partial charge in [-0.1, -0.05) is 11.6 Å². The number of hydrogen-bond donors (Lipinski definition) is 3. The highest BCUT2D eigenvalue weighted by molar-refractivity contribution is 5.39. The van der Waals surface area contributed by atoms with Crippen LogP contribution < -0.4 is 11.4 Å². The summed E-state index contributed by atoms with van der Waals surface area (Å²) in [7, 11) is 0. The second-order valence-corrected chi connectivity index (χ2v) is 5.55. The maximum atomic E-state index is 12.0. The molecule has 23 heavy (non-hydrogen) atoms. The van der Waals surface area contributed by atoms with Crippen molar-refractivity contribution in [1.29, 1.82) is 5.26 Å². The minimum Gasteiger partial charge on any atom is -0.394 e. The largest absolute Gasteiger partial charge is 0.394 e. The lowest BCUT2D eigenvalue weighted by atomic mass is 10.1.